The van der Waals surface area contributed by atoms with E-state index in [0.29, 0.717) is 29.9 Å². The quantitative estimate of drug-likeness (QED) is 0.666. The van der Waals surface area contributed by atoms with Crippen LogP contribution in [0.5, 0.6) is 0 Å². The Morgan fingerprint density at radius 3 is 2.55 bits per heavy atom. The molecular weight excluding hydrogens is 418 g/mol. The first-order valence-corrected chi connectivity index (χ1v) is 11.7. The molecule has 10 heteroatoms. The van der Waals surface area contributed by atoms with Gasteiger partial charge in [0.2, 0.25) is 0 Å². The average molecular weight is 442 g/mol. The third-order valence-electron chi connectivity index (χ3n) is 6.46. The van der Waals surface area contributed by atoms with Gasteiger partial charge in [0.15, 0.2) is 5.65 Å². The minimum atomic E-state index is -3.80. The summed E-state index contributed by atoms with van der Waals surface area (Å²) in [6.07, 6.45) is 4.48. The lowest BCUT2D eigenvalue weighted by atomic mass is 9.78. The van der Waals surface area contributed by atoms with Crippen LogP contribution in [0.25, 0.3) is 11.0 Å². The van der Waals surface area contributed by atoms with E-state index in [1.165, 1.54) is 21.4 Å². The van der Waals surface area contributed by atoms with Gasteiger partial charge in [-0.1, -0.05) is 17.7 Å². The molecule has 5 rings (SSSR count). The lowest BCUT2D eigenvalue weighted by Gasteiger charge is -2.55. The van der Waals surface area contributed by atoms with Gasteiger partial charge < -0.3 is 14.9 Å². The molecule has 1 aromatic carbocycles. The SMILES string of the molecule is Cc1ccc(S(=O)(=O)n2ccc3c(N4CCCC5(CCN5C(=O)O)C4)ncnc32)cc1. The van der Waals surface area contributed by atoms with Gasteiger partial charge in [-0.05, 0) is 44.4 Å². The largest absolute Gasteiger partial charge is 0.465 e. The van der Waals surface area contributed by atoms with Gasteiger partial charge in [0, 0.05) is 25.8 Å². The first-order chi connectivity index (χ1) is 14.8. The Balaban J connectivity index is 1.53. The van der Waals surface area contributed by atoms with Crippen molar-refractivity contribution in [3.8, 4) is 0 Å². The molecule has 4 heterocycles. The van der Waals surface area contributed by atoms with E-state index in [0.717, 1.165) is 31.4 Å². The second kappa shape index (κ2) is 6.94. The summed E-state index contributed by atoms with van der Waals surface area (Å²) in [5.41, 5.74) is 0.901. The van der Waals surface area contributed by atoms with Gasteiger partial charge in [-0.15, -0.1) is 0 Å². The van der Waals surface area contributed by atoms with Crippen LogP contribution >= 0.6 is 0 Å². The number of likely N-dealkylation sites (tertiary alicyclic amines) is 1. The molecule has 0 aliphatic carbocycles. The van der Waals surface area contributed by atoms with Gasteiger partial charge in [-0.3, -0.25) is 0 Å². The monoisotopic (exact) mass is 441 g/mol. The Kier molecular flexibility index (Phi) is 4.44. The van der Waals surface area contributed by atoms with Crippen LogP contribution in [0.1, 0.15) is 24.8 Å². The van der Waals surface area contributed by atoms with E-state index in [-0.39, 0.29) is 4.90 Å². The average Bonchev–Trinajstić information content (AvgIpc) is 3.18. The minimum absolute atomic E-state index is 0.194. The Morgan fingerprint density at radius 1 is 1.10 bits per heavy atom. The number of benzene rings is 1. The summed E-state index contributed by atoms with van der Waals surface area (Å²) in [6.45, 7) is 3.73. The molecule has 2 fully saturated rings. The highest BCUT2D eigenvalue weighted by Gasteiger charge is 2.50. The molecule has 9 nitrogen and oxygen atoms in total. The van der Waals surface area contributed by atoms with Crippen molar-refractivity contribution in [3.05, 3.63) is 48.4 Å². The zero-order valence-electron chi connectivity index (χ0n) is 17.1. The van der Waals surface area contributed by atoms with Gasteiger partial charge in [0.1, 0.15) is 12.1 Å². The molecule has 1 unspecified atom stereocenters. The molecule has 1 N–H and O–H groups in total. The molecule has 2 aliphatic heterocycles. The summed E-state index contributed by atoms with van der Waals surface area (Å²) in [6, 6.07) is 8.42. The third-order valence-corrected chi connectivity index (χ3v) is 8.14. The van der Waals surface area contributed by atoms with Crippen LogP contribution in [0.15, 0.2) is 47.8 Å². The second-order valence-corrected chi connectivity index (χ2v) is 10.1. The Labute approximate surface area is 180 Å². The first kappa shape index (κ1) is 19.8. The summed E-state index contributed by atoms with van der Waals surface area (Å²) in [5, 5.41) is 10.1. The number of nitrogens with zero attached hydrogens (tertiary/aromatic N) is 5. The lowest BCUT2D eigenvalue weighted by Crippen LogP contribution is -2.68. The normalized spacial score (nSPS) is 21.5. The van der Waals surface area contributed by atoms with E-state index in [9.17, 15) is 18.3 Å². The number of hydrogen-bond acceptors (Lipinski definition) is 6. The molecule has 162 valence electrons. The molecule has 1 atom stereocenters. The van der Waals surface area contributed by atoms with Crippen molar-refractivity contribution < 1.29 is 18.3 Å². The van der Waals surface area contributed by atoms with E-state index < -0.39 is 21.7 Å². The number of amides is 1. The van der Waals surface area contributed by atoms with E-state index >= 15 is 0 Å². The van der Waals surface area contributed by atoms with Gasteiger partial charge >= 0.3 is 6.09 Å². The highest BCUT2D eigenvalue weighted by Crippen LogP contribution is 2.40. The van der Waals surface area contributed by atoms with Crippen LogP contribution in [0.4, 0.5) is 10.6 Å². The molecule has 0 radical (unpaired) electrons. The zero-order chi connectivity index (χ0) is 21.8. The topological polar surface area (TPSA) is 109 Å². The van der Waals surface area contributed by atoms with Crippen molar-refractivity contribution in [2.24, 2.45) is 0 Å². The molecule has 1 spiro atoms. The molecule has 2 aromatic heterocycles. The van der Waals surface area contributed by atoms with Crippen molar-refractivity contribution in [1.82, 2.24) is 18.8 Å². The zero-order valence-corrected chi connectivity index (χ0v) is 17.9. The predicted octanol–water partition coefficient (Wildman–Crippen LogP) is 2.70. The van der Waals surface area contributed by atoms with Crippen LogP contribution in [0.3, 0.4) is 0 Å². The predicted molar refractivity (Wildman–Crippen MR) is 115 cm³/mol. The molecule has 0 bridgehead atoms. The molecule has 2 saturated heterocycles. The number of aryl methyl sites for hydroxylation is 1. The van der Waals surface area contributed by atoms with E-state index in [1.807, 2.05) is 6.92 Å². The maximum Gasteiger partial charge on any atom is 0.407 e. The number of piperidine rings is 1. The van der Waals surface area contributed by atoms with Crippen molar-refractivity contribution >= 4 is 33.0 Å². The number of fused-ring (bicyclic) bond motifs is 1. The van der Waals surface area contributed by atoms with Crippen LogP contribution in [-0.2, 0) is 10.0 Å². The smallest absolute Gasteiger partial charge is 0.407 e. The maximum atomic E-state index is 13.2. The minimum Gasteiger partial charge on any atom is -0.465 e. The Hall–Kier alpha value is -3.14. The second-order valence-electron chi connectivity index (χ2n) is 8.30. The number of carboxylic acid groups (broad SMARTS) is 1. The third kappa shape index (κ3) is 3.04. The van der Waals surface area contributed by atoms with E-state index in [1.54, 1.807) is 30.3 Å². The first-order valence-electron chi connectivity index (χ1n) is 10.2. The fourth-order valence-corrected chi connectivity index (χ4v) is 6.04. The summed E-state index contributed by atoms with van der Waals surface area (Å²) in [5.74, 6) is 0.638. The molecule has 2 aliphatic rings. The fourth-order valence-electron chi connectivity index (χ4n) is 4.74. The summed E-state index contributed by atoms with van der Waals surface area (Å²) in [7, 11) is -3.80. The van der Waals surface area contributed by atoms with Crippen molar-refractivity contribution in [2.75, 3.05) is 24.5 Å². The van der Waals surface area contributed by atoms with Crippen LogP contribution in [-0.4, -0.2) is 63.6 Å². The van der Waals surface area contributed by atoms with Crippen molar-refractivity contribution in [1.29, 1.82) is 0 Å². The number of carbonyl (C=O) groups is 1. The van der Waals surface area contributed by atoms with Crippen molar-refractivity contribution in [2.45, 2.75) is 36.6 Å². The highest BCUT2D eigenvalue weighted by atomic mass is 32.2. The number of aromatic nitrogens is 3. The number of anilines is 1. The lowest BCUT2D eigenvalue weighted by molar-refractivity contribution is -0.00901. The number of hydrogen-bond donors (Lipinski definition) is 1. The Morgan fingerprint density at radius 2 is 1.87 bits per heavy atom. The molecule has 1 amide bonds. The van der Waals surface area contributed by atoms with Gasteiger partial charge in [-0.25, -0.2) is 27.2 Å². The van der Waals surface area contributed by atoms with Gasteiger partial charge in [0.25, 0.3) is 10.0 Å². The van der Waals surface area contributed by atoms with Crippen molar-refractivity contribution in [3.63, 3.8) is 0 Å². The summed E-state index contributed by atoms with van der Waals surface area (Å²) >= 11 is 0. The highest BCUT2D eigenvalue weighted by molar-refractivity contribution is 7.90. The molecule has 0 saturated carbocycles. The molecule has 3 aromatic rings. The van der Waals surface area contributed by atoms with Gasteiger partial charge in [-0.2, -0.15) is 0 Å². The molecular formula is C21H23N5O4S. The van der Waals surface area contributed by atoms with E-state index in [4.69, 9.17) is 0 Å². The fraction of sp³-hybridized carbons (Fsp3) is 0.381. The van der Waals surface area contributed by atoms with Crippen LogP contribution in [0, 0.1) is 6.92 Å². The standard InChI is InChI=1S/C21H23N5O4S/c1-15-3-5-16(6-4-15)31(29,30)26-11-7-17-18(22-14-23-19(17)26)24-10-2-8-21(13-24)9-12-25(21)20(27)28/h3-7,11,14H,2,8-10,12-13H2,1H3,(H,27,28). The Bertz CT molecular complexity index is 1270. The summed E-state index contributed by atoms with van der Waals surface area (Å²) < 4.78 is 27.6. The van der Waals surface area contributed by atoms with Crippen LogP contribution < -0.4 is 4.90 Å². The molecule has 31 heavy (non-hydrogen) atoms. The maximum absolute atomic E-state index is 13.2. The number of rotatable bonds is 3. The van der Waals surface area contributed by atoms with Crippen LogP contribution in [0.2, 0.25) is 0 Å². The summed E-state index contributed by atoms with van der Waals surface area (Å²) in [4.78, 5) is 24.1. The van der Waals surface area contributed by atoms with Gasteiger partial charge in [0.05, 0.1) is 15.8 Å². The van der Waals surface area contributed by atoms with E-state index in [2.05, 4.69) is 14.9 Å².